The molecule has 1 fully saturated rings. The zero-order valence-corrected chi connectivity index (χ0v) is 11.8. The highest BCUT2D eigenvalue weighted by Crippen LogP contribution is 2.30. The van der Waals surface area contributed by atoms with Crippen LogP contribution in [0.3, 0.4) is 0 Å². The van der Waals surface area contributed by atoms with Crippen molar-refractivity contribution in [2.75, 3.05) is 13.6 Å². The van der Waals surface area contributed by atoms with Gasteiger partial charge in [-0.25, -0.2) is 0 Å². The van der Waals surface area contributed by atoms with Crippen molar-refractivity contribution >= 4 is 0 Å². The molecular weight excluding hydrogens is 222 g/mol. The summed E-state index contributed by atoms with van der Waals surface area (Å²) in [6, 6.07) is 8.72. The van der Waals surface area contributed by atoms with Gasteiger partial charge in [-0.1, -0.05) is 24.3 Å². The number of aryl methyl sites for hydroxylation is 1. The third kappa shape index (κ3) is 3.33. The molecule has 2 heteroatoms. The van der Waals surface area contributed by atoms with E-state index in [1.54, 1.807) is 0 Å². The van der Waals surface area contributed by atoms with Crippen LogP contribution in [0.5, 0.6) is 0 Å². The van der Waals surface area contributed by atoms with Crippen LogP contribution in [0, 0.1) is 6.92 Å². The molecule has 2 nitrogen and oxygen atoms in total. The average molecular weight is 247 g/mol. The number of hydrogen-bond donors (Lipinski definition) is 1. The van der Waals surface area contributed by atoms with Gasteiger partial charge in [-0.05, 0) is 57.2 Å². The largest absolute Gasteiger partial charge is 0.375 e. The number of hydrogen-bond acceptors (Lipinski definition) is 2. The van der Waals surface area contributed by atoms with Crippen molar-refractivity contribution in [3.63, 3.8) is 0 Å². The van der Waals surface area contributed by atoms with E-state index in [9.17, 15) is 0 Å². The second-order valence-corrected chi connectivity index (χ2v) is 5.49. The lowest BCUT2D eigenvalue weighted by atomic mass is 9.89. The SMILES string of the molecule is CNCC(CC1CCC(C)O1)c1ccccc1C. The van der Waals surface area contributed by atoms with Crippen molar-refractivity contribution in [3.8, 4) is 0 Å². The van der Waals surface area contributed by atoms with Gasteiger partial charge in [0.2, 0.25) is 0 Å². The Balaban J connectivity index is 2.06. The highest BCUT2D eigenvalue weighted by atomic mass is 16.5. The summed E-state index contributed by atoms with van der Waals surface area (Å²) in [5.74, 6) is 0.562. The first-order chi connectivity index (χ1) is 8.70. The maximum absolute atomic E-state index is 5.97. The van der Waals surface area contributed by atoms with Crippen molar-refractivity contribution in [2.45, 2.75) is 51.2 Å². The zero-order valence-electron chi connectivity index (χ0n) is 11.8. The zero-order chi connectivity index (χ0) is 13.0. The predicted octanol–water partition coefficient (Wildman–Crippen LogP) is 3.26. The molecule has 0 aliphatic carbocycles. The Kier molecular flexibility index (Phi) is 4.79. The predicted molar refractivity (Wildman–Crippen MR) is 76.0 cm³/mol. The molecule has 1 saturated heterocycles. The van der Waals surface area contributed by atoms with Crippen LogP contribution in [0.4, 0.5) is 0 Å². The minimum atomic E-state index is 0.443. The number of rotatable bonds is 5. The van der Waals surface area contributed by atoms with Gasteiger partial charge in [-0.15, -0.1) is 0 Å². The summed E-state index contributed by atoms with van der Waals surface area (Å²) in [5.41, 5.74) is 2.86. The Labute approximate surface area is 111 Å². The molecule has 1 aromatic rings. The molecule has 0 bridgehead atoms. The van der Waals surface area contributed by atoms with Crippen molar-refractivity contribution < 1.29 is 4.74 Å². The van der Waals surface area contributed by atoms with E-state index in [0.717, 1.165) is 13.0 Å². The normalized spacial score (nSPS) is 25.3. The topological polar surface area (TPSA) is 21.3 Å². The van der Waals surface area contributed by atoms with Crippen LogP contribution in [0.25, 0.3) is 0 Å². The lowest BCUT2D eigenvalue weighted by Gasteiger charge is -2.22. The number of ether oxygens (including phenoxy) is 1. The summed E-state index contributed by atoms with van der Waals surface area (Å²) in [6.45, 7) is 5.41. The molecule has 1 aliphatic heterocycles. The van der Waals surface area contributed by atoms with E-state index in [4.69, 9.17) is 4.74 Å². The molecule has 1 N–H and O–H groups in total. The second kappa shape index (κ2) is 6.35. The smallest absolute Gasteiger partial charge is 0.0586 e. The standard InChI is InChI=1S/C16H25NO/c1-12-6-4-5-7-16(12)14(11-17-3)10-15-9-8-13(2)18-15/h4-7,13-15,17H,8-11H2,1-3H3. The van der Waals surface area contributed by atoms with Crippen LogP contribution >= 0.6 is 0 Å². The first-order valence-corrected chi connectivity index (χ1v) is 7.06. The molecular formula is C16H25NO. The van der Waals surface area contributed by atoms with Crippen molar-refractivity contribution in [2.24, 2.45) is 0 Å². The van der Waals surface area contributed by atoms with E-state index in [0.29, 0.717) is 18.1 Å². The Morgan fingerprint density at radius 3 is 2.72 bits per heavy atom. The molecule has 100 valence electrons. The van der Waals surface area contributed by atoms with Crippen molar-refractivity contribution in [3.05, 3.63) is 35.4 Å². The van der Waals surface area contributed by atoms with Crippen LogP contribution in [0.1, 0.15) is 43.2 Å². The molecule has 3 unspecified atom stereocenters. The van der Waals surface area contributed by atoms with Gasteiger partial charge in [0.15, 0.2) is 0 Å². The monoisotopic (exact) mass is 247 g/mol. The first kappa shape index (κ1) is 13.6. The van der Waals surface area contributed by atoms with Gasteiger partial charge in [0.05, 0.1) is 12.2 Å². The van der Waals surface area contributed by atoms with Gasteiger partial charge in [0.25, 0.3) is 0 Å². The molecule has 0 spiro atoms. The summed E-state index contributed by atoms with van der Waals surface area (Å²) in [4.78, 5) is 0. The van der Waals surface area contributed by atoms with E-state index in [1.807, 2.05) is 7.05 Å². The lowest BCUT2D eigenvalue weighted by Crippen LogP contribution is -2.22. The molecule has 1 aromatic carbocycles. The second-order valence-electron chi connectivity index (χ2n) is 5.49. The highest BCUT2D eigenvalue weighted by molar-refractivity contribution is 5.29. The van der Waals surface area contributed by atoms with E-state index in [1.165, 1.54) is 24.0 Å². The fourth-order valence-corrected chi connectivity index (χ4v) is 2.99. The first-order valence-electron chi connectivity index (χ1n) is 7.06. The van der Waals surface area contributed by atoms with Crippen molar-refractivity contribution in [1.29, 1.82) is 0 Å². The minimum Gasteiger partial charge on any atom is -0.375 e. The third-order valence-corrected chi connectivity index (χ3v) is 3.95. The van der Waals surface area contributed by atoms with Gasteiger partial charge in [0, 0.05) is 6.54 Å². The summed E-state index contributed by atoms with van der Waals surface area (Å²) in [7, 11) is 2.03. The number of benzene rings is 1. The van der Waals surface area contributed by atoms with E-state index < -0.39 is 0 Å². The van der Waals surface area contributed by atoms with Gasteiger partial charge >= 0.3 is 0 Å². The average Bonchev–Trinajstić information content (AvgIpc) is 2.75. The quantitative estimate of drug-likeness (QED) is 0.862. The molecule has 2 rings (SSSR count). The molecule has 0 radical (unpaired) electrons. The van der Waals surface area contributed by atoms with Crippen LogP contribution < -0.4 is 5.32 Å². The minimum absolute atomic E-state index is 0.443. The number of likely N-dealkylation sites (N-methyl/N-ethyl adjacent to an activating group) is 1. The summed E-state index contributed by atoms with van der Waals surface area (Å²) in [6.07, 6.45) is 4.45. The van der Waals surface area contributed by atoms with Gasteiger partial charge < -0.3 is 10.1 Å². The molecule has 18 heavy (non-hydrogen) atoms. The van der Waals surface area contributed by atoms with Crippen LogP contribution in [0.2, 0.25) is 0 Å². The molecule has 1 aliphatic rings. The Morgan fingerprint density at radius 1 is 1.33 bits per heavy atom. The molecule has 3 atom stereocenters. The van der Waals surface area contributed by atoms with E-state index in [-0.39, 0.29) is 0 Å². The molecule has 0 aromatic heterocycles. The third-order valence-electron chi connectivity index (χ3n) is 3.95. The van der Waals surface area contributed by atoms with Crippen LogP contribution in [-0.2, 0) is 4.74 Å². The Bertz CT molecular complexity index is 377. The van der Waals surface area contributed by atoms with Gasteiger partial charge in [-0.3, -0.25) is 0 Å². The van der Waals surface area contributed by atoms with Crippen LogP contribution in [-0.4, -0.2) is 25.8 Å². The summed E-state index contributed by atoms with van der Waals surface area (Å²) < 4.78 is 5.97. The number of nitrogens with one attached hydrogen (secondary N) is 1. The summed E-state index contributed by atoms with van der Waals surface area (Å²) >= 11 is 0. The maximum Gasteiger partial charge on any atom is 0.0586 e. The summed E-state index contributed by atoms with van der Waals surface area (Å²) in [5, 5.41) is 3.32. The van der Waals surface area contributed by atoms with Crippen LogP contribution in [0.15, 0.2) is 24.3 Å². The van der Waals surface area contributed by atoms with Crippen molar-refractivity contribution in [1.82, 2.24) is 5.32 Å². The maximum atomic E-state index is 5.97. The molecule has 1 heterocycles. The van der Waals surface area contributed by atoms with Gasteiger partial charge in [-0.2, -0.15) is 0 Å². The fourth-order valence-electron chi connectivity index (χ4n) is 2.99. The van der Waals surface area contributed by atoms with E-state index in [2.05, 4.69) is 43.4 Å². The Morgan fingerprint density at radius 2 is 2.11 bits per heavy atom. The fraction of sp³-hybridized carbons (Fsp3) is 0.625. The molecule has 0 saturated carbocycles. The highest BCUT2D eigenvalue weighted by Gasteiger charge is 2.25. The van der Waals surface area contributed by atoms with Gasteiger partial charge in [0.1, 0.15) is 0 Å². The lowest BCUT2D eigenvalue weighted by molar-refractivity contribution is 0.0467. The molecule has 0 amide bonds. The Hall–Kier alpha value is -0.860. The van der Waals surface area contributed by atoms with E-state index >= 15 is 0 Å².